The Kier molecular flexibility index (Phi) is 16.2. The molecule has 40 heavy (non-hydrogen) atoms. The van der Waals surface area contributed by atoms with Crippen LogP contribution >= 0.6 is 0 Å². The van der Waals surface area contributed by atoms with E-state index in [1.54, 1.807) is 30.5 Å². The summed E-state index contributed by atoms with van der Waals surface area (Å²) in [5.74, 6) is 6.52. The molecule has 222 valence electrons. The van der Waals surface area contributed by atoms with Gasteiger partial charge < -0.3 is 42.3 Å². The number of nitrogens with zero attached hydrogens (tertiary/aromatic N) is 3. The van der Waals surface area contributed by atoms with E-state index >= 15 is 0 Å². The van der Waals surface area contributed by atoms with Crippen molar-refractivity contribution in [3.63, 3.8) is 0 Å². The van der Waals surface area contributed by atoms with Crippen LogP contribution in [0.1, 0.15) is 18.4 Å². The number of aliphatic imine (C=N–C) groups is 2. The van der Waals surface area contributed by atoms with Crippen LogP contribution in [0.5, 0.6) is 0 Å². The fourth-order valence-corrected chi connectivity index (χ4v) is 3.23. The highest BCUT2D eigenvalue weighted by molar-refractivity contribution is 6.03. The van der Waals surface area contributed by atoms with Gasteiger partial charge in [-0.2, -0.15) is 13.2 Å². The molecular formula is C25H38F3N9O3. The lowest BCUT2D eigenvalue weighted by molar-refractivity contribution is -0.115. The second-order valence-electron chi connectivity index (χ2n) is 8.24. The second kappa shape index (κ2) is 19.1. The number of methoxy groups -OCH3 is 1. The highest BCUT2D eigenvalue weighted by atomic mass is 19.4. The predicted octanol–water partition coefficient (Wildman–Crippen LogP) is 1.29. The van der Waals surface area contributed by atoms with E-state index in [-0.39, 0.29) is 19.6 Å². The SMILES string of the molecule is COC/C(N)=C/N(N)CC(=C/N)/C=C1\CCCOCCN=CN=C(c2ccc(NCC(F)(F)F)cc2)N1.NC=O. The van der Waals surface area contributed by atoms with Gasteiger partial charge in [0.1, 0.15) is 18.7 Å². The lowest BCUT2D eigenvalue weighted by Crippen LogP contribution is -2.30. The van der Waals surface area contributed by atoms with Gasteiger partial charge in [0.2, 0.25) is 6.41 Å². The number of benzene rings is 1. The van der Waals surface area contributed by atoms with Crippen LogP contribution in [-0.2, 0) is 14.3 Å². The molecular weight excluding hydrogens is 531 g/mol. The molecule has 0 aliphatic carbocycles. The number of anilines is 1. The van der Waals surface area contributed by atoms with Gasteiger partial charge in [0.25, 0.3) is 0 Å². The summed E-state index contributed by atoms with van der Waals surface area (Å²) >= 11 is 0. The van der Waals surface area contributed by atoms with Crippen molar-refractivity contribution in [2.24, 2.45) is 33.0 Å². The van der Waals surface area contributed by atoms with Crippen molar-refractivity contribution < 1.29 is 27.4 Å². The highest BCUT2D eigenvalue weighted by Crippen LogP contribution is 2.18. The molecule has 0 saturated heterocycles. The van der Waals surface area contributed by atoms with Crippen molar-refractivity contribution in [2.45, 2.75) is 19.0 Å². The molecule has 1 aromatic carbocycles. The number of primary amides is 1. The van der Waals surface area contributed by atoms with E-state index in [1.165, 1.54) is 24.7 Å². The number of carbonyl (C=O) groups is 1. The van der Waals surface area contributed by atoms with Crippen molar-refractivity contribution in [1.29, 1.82) is 0 Å². The zero-order valence-electron chi connectivity index (χ0n) is 22.4. The van der Waals surface area contributed by atoms with Crippen LogP contribution in [0, 0.1) is 0 Å². The number of amidine groups is 1. The first-order valence-electron chi connectivity index (χ1n) is 12.2. The first-order chi connectivity index (χ1) is 19.1. The van der Waals surface area contributed by atoms with Crippen LogP contribution in [0.15, 0.2) is 69.7 Å². The number of hydrogen-bond acceptors (Lipinski definition) is 11. The van der Waals surface area contributed by atoms with Crippen molar-refractivity contribution in [3.05, 3.63) is 65.3 Å². The van der Waals surface area contributed by atoms with Gasteiger partial charge in [-0.25, -0.2) is 10.8 Å². The van der Waals surface area contributed by atoms with Gasteiger partial charge >= 0.3 is 6.18 Å². The number of nitrogens with two attached hydrogens (primary N) is 4. The average Bonchev–Trinajstić information content (AvgIpc) is 2.89. The lowest BCUT2D eigenvalue weighted by atomic mass is 10.1. The number of halogens is 3. The molecule has 0 unspecified atom stereocenters. The molecule has 1 aliphatic rings. The van der Waals surface area contributed by atoms with Gasteiger partial charge in [-0.05, 0) is 55.0 Å². The first kappa shape index (κ1) is 33.9. The minimum Gasteiger partial charge on any atom is -0.404 e. The number of nitrogens with one attached hydrogen (secondary N) is 2. The molecule has 10 N–H and O–H groups in total. The monoisotopic (exact) mass is 569 g/mol. The summed E-state index contributed by atoms with van der Waals surface area (Å²) in [6.45, 7) is 0.873. The van der Waals surface area contributed by atoms with Crippen LogP contribution in [0.3, 0.4) is 0 Å². The molecule has 1 amide bonds. The number of ether oxygens (including phenoxy) is 2. The quantitative estimate of drug-likeness (QED) is 0.144. The second-order valence-corrected chi connectivity index (χ2v) is 8.24. The average molecular weight is 570 g/mol. The van der Waals surface area contributed by atoms with E-state index in [0.717, 1.165) is 12.1 Å². The van der Waals surface area contributed by atoms with Gasteiger partial charge in [-0.15, -0.1) is 0 Å². The van der Waals surface area contributed by atoms with E-state index in [1.807, 2.05) is 6.08 Å². The Morgan fingerprint density at radius 1 is 1.25 bits per heavy atom. The number of carbonyl (C=O) groups excluding carboxylic acids is 1. The maximum absolute atomic E-state index is 12.5. The van der Waals surface area contributed by atoms with Crippen LogP contribution in [-0.4, -0.2) is 76.3 Å². The molecule has 2 rings (SSSR count). The molecule has 1 aromatic rings. The number of rotatable bonds is 9. The summed E-state index contributed by atoms with van der Waals surface area (Å²) in [5.41, 5.74) is 18.8. The van der Waals surface area contributed by atoms with Gasteiger partial charge in [-0.3, -0.25) is 9.79 Å². The largest absolute Gasteiger partial charge is 0.405 e. The third-order valence-corrected chi connectivity index (χ3v) is 4.88. The van der Waals surface area contributed by atoms with Crippen LogP contribution < -0.4 is 33.7 Å². The van der Waals surface area contributed by atoms with E-state index in [0.29, 0.717) is 54.5 Å². The van der Waals surface area contributed by atoms with Gasteiger partial charge in [0, 0.05) is 36.9 Å². The summed E-state index contributed by atoms with van der Waals surface area (Å²) < 4.78 is 48.1. The summed E-state index contributed by atoms with van der Waals surface area (Å²) in [6.07, 6.45) is 3.57. The van der Waals surface area contributed by atoms with Gasteiger partial charge in [0.15, 0.2) is 0 Å². The fraction of sp³-hybridized carbons (Fsp3) is 0.400. The normalized spacial score (nSPS) is 16.4. The Morgan fingerprint density at radius 2 is 1.95 bits per heavy atom. The number of hydrogen-bond donors (Lipinski definition) is 6. The molecule has 0 atom stereocenters. The Labute approximate surface area is 231 Å². The number of amides is 1. The molecule has 0 aromatic heterocycles. The molecule has 1 heterocycles. The predicted molar refractivity (Wildman–Crippen MR) is 150 cm³/mol. The fourth-order valence-electron chi connectivity index (χ4n) is 3.23. The number of allylic oxidation sites excluding steroid dienone is 1. The number of alkyl halides is 3. The zero-order valence-corrected chi connectivity index (χ0v) is 22.4. The smallest absolute Gasteiger partial charge is 0.404 e. The Morgan fingerprint density at radius 3 is 2.58 bits per heavy atom. The van der Waals surface area contributed by atoms with Crippen molar-refractivity contribution in [2.75, 3.05) is 51.9 Å². The summed E-state index contributed by atoms with van der Waals surface area (Å²) in [4.78, 5) is 17.2. The molecule has 0 radical (unpaired) electrons. The van der Waals surface area contributed by atoms with Crippen LogP contribution in [0.4, 0.5) is 18.9 Å². The van der Waals surface area contributed by atoms with Crippen molar-refractivity contribution >= 4 is 24.3 Å². The Bertz CT molecular complexity index is 1040. The van der Waals surface area contributed by atoms with Crippen molar-refractivity contribution in [1.82, 2.24) is 10.3 Å². The molecule has 0 bridgehead atoms. The lowest BCUT2D eigenvalue weighted by Gasteiger charge is -2.18. The molecule has 0 fully saturated rings. The maximum atomic E-state index is 12.5. The third kappa shape index (κ3) is 15.4. The summed E-state index contributed by atoms with van der Waals surface area (Å²) in [6, 6.07) is 6.47. The van der Waals surface area contributed by atoms with E-state index < -0.39 is 12.7 Å². The molecule has 0 saturated carbocycles. The minimum atomic E-state index is -4.31. The Balaban J connectivity index is 0.00000254. The minimum absolute atomic E-state index is 0.240. The van der Waals surface area contributed by atoms with E-state index in [4.69, 9.17) is 31.6 Å². The topological polar surface area (TPSA) is 192 Å². The number of hydrazine groups is 1. The standard InChI is InChI=1S/C24H35F3N8O2.CH3NO/c1-36-15-20(29)14-35(30)13-18(12-28)11-22-3-2-9-37-10-8-31-17-33-23(34-22)19-4-6-21(7-5-19)32-16-24(25,26)27;2-1-3/h4-7,11-12,14,17,32H,2-3,8-10,13,15-16,28-30H2,1H3,(H,31,33,34);1H,(H2,2,3)/b18-12+,20-14-,22-11+;. The molecule has 15 heteroatoms. The van der Waals surface area contributed by atoms with Gasteiger partial charge in [-0.1, -0.05) is 0 Å². The third-order valence-electron chi connectivity index (χ3n) is 4.88. The van der Waals surface area contributed by atoms with Crippen LogP contribution in [0.2, 0.25) is 0 Å². The van der Waals surface area contributed by atoms with Gasteiger partial charge in [0.05, 0.1) is 32.0 Å². The molecule has 12 nitrogen and oxygen atoms in total. The van der Waals surface area contributed by atoms with Crippen LogP contribution in [0.25, 0.3) is 0 Å². The van der Waals surface area contributed by atoms with E-state index in [2.05, 4.69) is 26.4 Å². The Hall–Kier alpha value is -4.08. The molecule has 0 spiro atoms. The summed E-state index contributed by atoms with van der Waals surface area (Å²) in [5, 5.41) is 7.07. The first-order valence-corrected chi connectivity index (χ1v) is 12.2. The zero-order chi connectivity index (χ0) is 29.8. The highest BCUT2D eigenvalue weighted by Gasteiger charge is 2.26. The maximum Gasteiger partial charge on any atom is 0.405 e. The summed E-state index contributed by atoms with van der Waals surface area (Å²) in [7, 11) is 1.53. The van der Waals surface area contributed by atoms with Crippen molar-refractivity contribution in [3.8, 4) is 0 Å². The van der Waals surface area contributed by atoms with E-state index in [9.17, 15) is 13.2 Å². The molecule has 1 aliphatic heterocycles.